The molecule has 106 valence electrons. The number of nitrogens with zero attached hydrogens (tertiary/aromatic N) is 1. The number of aromatic nitrogens is 1. The molecule has 1 heterocycles. The third kappa shape index (κ3) is 3.55. The van der Waals surface area contributed by atoms with Gasteiger partial charge in [0.25, 0.3) is 0 Å². The van der Waals surface area contributed by atoms with Gasteiger partial charge in [-0.1, -0.05) is 24.3 Å². The van der Waals surface area contributed by atoms with E-state index in [1.165, 1.54) is 22.5 Å². The lowest BCUT2D eigenvalue weighted by Crippen LogP contribution is -2.27. The van der Waals surface area contributed by atoms with E-state index in [2.05, 4.69) is 24.0 Å². The highest BCUT2D eigenvalue weighted by molar-refractivity contribution is 7.73. The van der Waals surface area contributed by atoms with Crippen LogP contribution in [0.25, 0.3) is 0 Å². The molecule has 0 saturated heterocycles. The van der Waals surface area contributed by atoms with Crippen LogP contribution in [0.15, 0.2) is 24.3 Å². The highest BCUT2D eigenvalue weighted by Crippen LogP contribution is 2.17. The van der Waals surface area contributed by atoms with Crippen LogP contribution < -0.4 is 0 Å². The molecule has 0 atom stereocenters. The van der Waals surface area contributed by atoms with E-state index in [9.17, 15) is 4.79 Å². The summed E-state index contributed by atoms with van der Waals surface area (Å²) in [5.74, 6) is 0.113. The van der Waals surface area contributed by atoms with Crippen LogP contribution in [0, 0.1) is 17.8 Å². The number of H-pyrrole nitrogens is 1. The molecule has 0 fully saturated rings. The minimum absolute atomic E-state index is 0.113. The Morgan fingerprint density at radius 2 is 2.05 bits per heavy atom. The molecule has 0 radical (unpaired) electrons. The quantitative estimate of drug-likeness (QED) is 0.876. The van der Waals surface area contributed by atoms with Crippen molar-refractivity contribution < 1.29 is 4.79 Å². The summed E-state index contributed by atoms with van der Waals surface area (Å²) in [6.45, 7) is 4.66. The molecular weight excluding hydrogens is 288 g/mol. The van der Waals surface area contributed by atoms with Gasteiger partial charge in [0.15, 0.2) is 3.95 Å². The fourth-order valence-corrected chi connectivity index (χ4v) is 3.29. The minimum atomic E-state index is 0.113. The molecule has 2 aromatic rings. The third-order valence-corrected chi connectivity index (χ3v) is 4.67. The molecule has 0 aliphatic rings. The van der Waals surface area contributed by atoms with Crippen molar-refractivity contribution in [3.05, 3.63) is 49.9 Å². The molecule has 0 unspecified atom stereocenters. The Morgan fingerprint density at radius 3 is 2.65 bits per heavy atom. The maximum Gasteiger partial charge on any atom is 0.227 e. The lowest BCUT2D eigenvalue weighted by Gasteiger charge is -2.18. The number of carbonyl (C=O) groups excluding carboxylic acids is 1. The summed E-state index contributed by atoms with van der Waals surface area (Å²) in [6, 6.07) is 8.14. The average Bonchev–Trinajstić information content (AvgIpc) is 2.70. The number of nitrogens with one attached hydrogen (secondary N) is 1. The summed E-state index contributed by atoms with van der Waals surface area (Å²) in [6.07, 6.45) is 0.409. The molecule has 1 aromatic carbocycles. The second kappa shape index (κ2) is 6.33. The number of hydrogen-bond acceptors (Lipinski definition) is 3. The van der Waals surface area contributed by atoms with Crippen molar-refractivity contribution in [1.29, 1.82) is 0 Å². The highest BCUT2D eigenvalue weighted by Gasteiger charge is 2.14. The predicted octanol–water partition coefficient (Wildman–Crippen LogP) is 3.62. The maximum absolute atomic E-state index is 12.3. The van der Waals surface area contributed by atoms with E-state index in [1.807, 2.05) is 26.1 Å². The van der Waals surface area contributed by atoms with E-state index >= 15 is 0 Å². The van der Waals surface area contributed by atoms with E-state index < -0.39 is 0 Å². The highest BCUT2D eigenvalue weighted by atomic mass is 32.1. The van der Waals surface area contributed by atoms with Crippen LogP contribution >= 0.6 is 23.6 Å². The lowest BCUT2D eigenvalue weighted by atomic mass is 10.1. The van der Waals surface area contributed by atoms with Gasteiger partial charge in [-0.3, -0.25) is 4.79 Å². The second-order valence-electron chi connectivity index (χ2n) is 4.92. The number of benzene rings is 1. The van der Waals surface area contributed by atoms with Gasteiger partial charge < -0.3 is 9.88 Å². The summed E-state index contributed by atoms with van der Waals surface area (Å²) in [4.78, 5) is 18.1. The number of thiazole rings is 1. The number of likely N-dealkylation sites (N-methyl/N-ethyl adjacent to an activating group) is 1. The van der Waals surface area contributed by atoms with Crippen molar-refractivity contribution in [2.24, 2.45) is 0 Å². The number of carbonyl (C=O) groups is 1. The van der Waals surface area contributed by atoms with Gasteiger partial charge in [0.1, 0.15) is 0 Å². The monoisotopic (exact) mass is 306 g/mol. The van der Waals surface area contributed by atoms with Gasteiger partial charge in [-0.2, -0.15) is 0 Å². The van der Waals surface area contributed by atoms with Crippen LogP contribution in [0.5, 0.6) is 0 Å². The first-order valence-corrected chi connectivity index (χ1v) is 7.67. The molecule has 2 rings (SSSR count). The Morgan fingerprint density at radius 1 is 1.35 bits per heavy atom. The summed E-state index contributed by atoms with van der Waals surface area (Å²) >= 11 is 6.58. The number of amides is 1. The van der Waals surface area contributed by atoms with Gasteiger partial charge in [-0.15, -0.1) is 11.3 Å². The second-order valence-corrected chi connectivity index (χ2v) is 6.69. The van der Waals surface area contributed by atoms with E-state index in [1.54, 1.807) is 4.90 Å². The van der Waals surface area contributed by atoms with Gasteiger partial charge in [0.05, 0.1) is 6.42 Å². The Bertz CT molecular complexity index is 673. The fraction of sp³-hybridized carbons (Fsp3) is 0.333. The standard InChI is InChI=1S/C15H18N2OS2/c1-10-6-4-5-7-12(10)9-17(3)14(18)8-13-11(2)16-15(19)20-13/h4-7H,8-9H2,1-3H3,(H,16,19). The van der Waals surface area contributed by atoms with Crippen molar-refractivity contribution in [2.45, 2.75) is 26.8 Å². The first kappa shape index (κ1) is 14.9. The number of aromatic amines is 1. The number of rotatable bonds is 4. The summed E-state index contributed by atoms with van der Waals surface area (Å²) < 4.78 is 0.729. The lowest BCUT2D eigenvalue weighted by molar-refractivity contribution is -0.129. The van der Waals surface area contributed by atoms with E-state index in [4.69, 9.17) is 12.2 Å². The summed E-state index contributed by atoms with van der Waals surface area (Å²) in [7, 11) is 1.84. The SMILES string of the molecule is Cc1ccccc1CN(C)C(=O)Cc1sc(=S)[nH]c1C. The molecule has 1 aromatic heterocycles. The molecular formula is C15H18N2OS2. The molecule has 0 saturated carbocycles. The Kier molecular flexibility index (Phi) is 4.73. The zero-order chi connectivity index (χ0) is 14.7. The summed E-state index contributed by atoms with van der Waals surface area (Å²) in [5.41, 5.74) is 3.39. The molecule has 3 nitrogen and oxygen atoms in total. The van der Waals surface area contributed by atoms with Crippen LogP contribution in [-0.2, 0) is 17.8 Å². The summed E-state index contributed by atoms with van der Waals surface area (Å²) in [5, 5.41) is 0. The molecule has 0 aliphatic carbocycles. The van der Waals surface area contributed by atoms with Crippen LogP contribution in [0.3, 0.4) is 0 Å². The molecule has 1 N–H and O–H groups in total. The van der Waals surface area contributed by atoms with E-state index in [0.717, 1.165) is 14.5 Å². The van der Waals surface area contributed by atoms with Crippen molar-refractivity contribution in [1.82, 2.24) is 9.88 Å². The Balaban J connectivity index is 2.04. The first-order valence-electron chi connectivity index (χ1n) is 6.44. The minimum Gasteiger partial charge on any atom is -0.341 e. The Labute approximate surface area is 128 Å². The van der Waals surface area contributed by atoms with Crippen molar-refractivity contribution in [3.8, 4) is 0 Å². The molecule has 0 aliphatic heterocycles. The van der Waals surface area contributed by atoms with Gasteiger partial charge in [-0.05, 0) is 37.2 Å². The fourth-order valence-electron chi connectivity index (χ4n) is 2.01. The average molecular weight is 306 g/mol. The molecule has 5 heteroatoms. The Hall–Kier alpha value is -1.46. The number of aryl methyl sites for hydroxylation is 2. The zero-order valence-corrected chi connectivity index (χ0v) is 13.5. The van der Waals surface area contributed by atoms with Crippen molar-refractivity contribution in [2.75, 3.05) is 7.05 Å². The zero-order valence-electron chi connectivity index (χ0n) is 11.9. The topological polar surface area (TPSA) is 36.1 Å². The van der Waals surface area contributed by atoms with Crippen LogP contribution in [0.1, 0.15) is 21.7 Å². The van der Waals surface area contributed by atoms with Crippen LogP contribution in [-0.4, -0.2) is 22.8 Å². The number of hydrogen-bond donors (Lipinski definition) is 1. The van der Waals surface area contributed by atoms with Crippen molar-refractivity contribution >= 4 is 29.5 Å². The third-order valence-electron chi connectivity index (χ3n) is 3.33. The van der Waals surface area contributed by atoms with Gasteiger partial charge in [-0.25, -0.2) is 0 Å². The van der Waals surface area contributed by atoms with Gasteiger partial charge in [0, 0.05) is 24.2 Å². The molecule has 0 bridgehead atoms. The largest absolute Gasteiger partial charge is 0.341 e. The van der Waals surface area contributed by atoms with E-state index in [-0.39, 0.29) is 5.91 Å². The van der Waals surface area contributed by atoms with Gasteiger partial charge in [0.2, 0.25) is 5.91 Å². The van der Waals surface area contributed by atoms with Crippen LogP contribution in [0.2, 0.25) is 0 Å². The van der Waals surface area contributed by atoms with E-state index in [0.29, 0.717) is 13.0 Å². The molecule has 0 spiro atoms. The first-order chi connectivity index (χ1) is 9.47. The predicted molar refractivity (Wildman–Crippen MR) is 85.6 cm³/mol. The smallest absolute Gasteiger partial charge is 0.227 e. The van der Waals surface area contributed by atoms with Gasteiger partial charge >= 0.3 is 0 Å². The normalized spacial score (nSPS) is 10.6. The van der Waals surface area contributed by atoms with Crippen molar-refractivity contribution in [3.63, 3.8) is 0 Å². The maximum atomic E-state index is 12.3. The molecule has 20 heavy (non-hydrogen) atoms. The van der Waals surface area contributed by atoms with Crippen LogP contribution in [0.4, 0.5) is 0 Å². The molecule has 1 amide bonds.